The molecule has 0 saturated carbocycles. The summed E-state index contributed by atoms with van der Waals surface area (Å²) >= 11 is 0. The third-order valence-electron chi connectivity index (χ3n) is 1.77. The first-order valence-electron chi connectivity index (χ1n) is 4.78. The molecule has 5 nitrogen and oxygen atoms in total. The molecule has 0 radical (unpaired) electrons. The van der Waals surface area contributed by atoms with E-state index in [-0.39, 0.29) is 12.5 Å². The first kappa shape index (κ1) is 13.5. The van der Waals surface area contributed by atoms with Crippen molar-refractivity contribution in [3.8, 4) is 0 Å². The van der Waals surface area contributed by atoms with Crippen LogP contribution in [0.25, 0.3) is 0 Å². The van der Waals surface area contributed by atoms with Gasteiger partial charge in [0.25, 0.3) is 0 Å². The van der Waals surface area contributed by atoms with Gasteiger partial charge in [-0.25, -0.2) is 4.79 Å². The van der Waals surface area contributed by atoms with Gasteiger partial charge in [-0.2, -0.15) is 0 Å². The molecule has 2 amide bonds. The standard InChI is InChI=1S/C10H18N2O3/c1-8(2)7-11-10(15)12(3)6-4-5-9(13)14/h1,4-7H2,2-3H3,(H,11,15)(H,13,14). The Morgan fingerprint density at radius 1 is 1.47 bits per heavy atom. The number of hydrogen-bond donors (Lipinski definition) is 2. The number of nitrogens with zero attached hydrogens (tertiary/aromatic N) is 1. The fourth-order valence-electron chi connectivity index (χ4n) is 0.930. The summed E-state index contributed by atoms with van der Waals surface area (Å²) < 4.78 is 0. The molecule has 2 N–H and O–H groups in total. The van der Waals surface area contributed by atoms with Crippen LogP contribution in [0.3, 0.4) is 0 Å². The van der Waals surface area contributed by atoms with Gasteiger partial charge in [0.1, 0.15) is 0 Å². The van der Waals surface area contributed by atoms with Crippen LogP contribution in [0.4, 0.5) is 4.79 Å². The minimum Gasteiger partial charge on any atom is -0.481 e. The van der Waals surface area contributed by atoms with Crippen LogP contribution in [-0.4, -0.2) is 42.1 Å². The fourth-order valence-corrected chi connectivity index (χ4v) is 0.930. The predicted molar refractivity (Wildman–Crippen MR) is 57.7 cm³/mol. The Bertz CT molecular complexity index is 251. The number of rotatable bonds is 6. The molecular formula is C10H18N2O3. The summed E-state index contributed by atoms with van der Waals surface area (Å²) in [6, 6.07) is -0.205. The van der Waals surface area contributed by atoms with Crippen molar-refractivity contribution in [2.45, 2.75) is 19.8 Å². The Kier molecular flexibility index (Phi) is 6.17. The molecule has 0 aliphatic carbocycles. The molecule has 0 aliphatic rings. The zero-order valence-electron chi connectivity index (χ0n) is 9.25. The average Bonchev–Trinajstić information content (AvgIpc) is 2.13. The minimum atomic E-state index is -0.842. The Balaban J connectivity index is 3.69. The molecule has 0 aromatic rings. The van der Waals surface area contributed by atoms with Gasteiger partial charge >= 0.3 is 12.0 Å². The summed E-state index contributed by atoms with van der Waals surface area (Å²) in [4.78, 5) is 23.0. The number of urea groups is 1. The lowest BCUT2D eigenvalue weighted by molar-refractivity contribution is -0.137. The van der Waals surface area contributed by atoms with E-state index < -0.39 is 5.97 Å². The second-order valence-electron chi connectivity index (χ2n) is 3.53. The molecule has 0 unspecified atom stereocenters. The van der Waals surface area contributed by atoms with Crippen molar-refractivity contribution in [1.82, 2.24) is 10.2 Å². The summed E-state index contributed by atoms with van der Waals surface area (Å²) in [5, 5.41) is 11.1. The van der Waals surface area contributed by atoms with Crippen molar-refractivity contribution < 1.29 is 14.7 Å². The van der Waals surface area contributed by atoms with Crippen molar-refractivity contribution in [3.05, 3.63) is 12.2 Å². The van der Waals surface area contributed by atoms with Crippen molar-refractivity contribution >= 4 is 12.0 Å². The van der Waals surface area contributed by atoms with E-state index in [4.69, 9.17) is 5.11 Å². The number of amides is 2. The Labute approximate surface area is 89.8 Å². The maximum atomic E-state index is 11.3. The van der Waals surface area contributed by atoms with Gasteiger partial charge in [-0.05, 0) is 13.3 Å². The number of carboxylic acids is 1. The number of hydrogen-bond acceptors (Lipinski definition) is 2. The fraction of sp³-hybridized carbons (Fsp3) is 0.600. The highest BCUT2D eigenvalue weighted by atomic mass is 16.4. The van der Waals surface area contributed by atoms with Crippen LogP contribution in [0, 0.1) is 0 Å². The summed E-state index contributed by atoms with van der Waals surface area (Å²) in [6.45, 7) is 6.37. The SMILES string of the molecule is C=C(C)CNC(=O)N(C)CCCC(=O)O. The lowest BCUT2D eigenvalue weighted by atomic mass is 10.3. The van der Waals surface area contributed by atoms with E-state index in [1.807, 2.05) is 6.92 Å². The molecular weight excluding hydrogens is 196 g/mol. The molecule has 0 aromatic heterocycles. The first-order chi connectivity index (χ1) is 6.93. The van der Waals surface area contributed by atoms with Gasteiger partial charge in [-0.1, -0.05) is 12.2 Å². The van der Waals surface area contributed by atoms with E-state index in [1.54, 1.807) is 7.05 Å². The van der Waals surface area contributed by atoms with E-state index in [1.165, 1.54) is 4.90 Å². The molecule has 86 valence electrons. The molecule has 0 heterocycles. The van der Waals surface area contributed by atoms with Crippen LogP contribution < -0.4 is 5.32 Å². The summed E-state index contributed by atoms with van der Waals surface area (Å²) in [5.41, 5.74) is 0.877. The van der Waals surface area contributed by atoms with Crippen LogP contribution in [0.2, 0.25) is 0 Å². The third-order valence-corrected chi connectivity index (χ3v) is 1.77. The number of nitrogens with one attached hydrogen (secondary N) is 1. The molecule has 5 heteroatoms. The number of aliphatic carboxylic acids is 1. The highest BCUT2D eigenvalue weighted by Crippen LogP contribution is 1.94. The molecule has 0 aliphatic heterocycles. The predicted octanol–water partition coefficient (Wildman–Crippen LogP) is 1.07. The zero-order valence-corrected chi connectivity index (χ0v) is 9.25. The lowest BCUT2D eigenvalue weighted by Crippen LogP contribution is -2.38. The molecule has 0 aromatic carbocycles. The van der Waals surface area contributed by atoms with Gasteiger partial charge < -0.3 is 15.3 Å². The largest absolute Gasteiger partial charge is 0.481 e. The van der Waals surface area contributed by atoms with E-state index in [2.05, 4.69) is 11.9 Å². The summed E-state index contributed by atoms with van der Waals surface area (Å²) in [7, 11) is 1.63. The number of carbonyl (C=O) groups excluding carboxylic acids is 1. The highest BCUT2D eigenvalue weighted by Gasteiger charge is 2.07. The number of carbonyl (C=O) groups is 2. The van der Waals surface area contributed by atoms with Gasteiger partial charge in [-0.3, -0.25) is 4.79 Å². The Morgan fingerprint density at radius 3 is 2.53 bits per heavy atom. The van der Waals surface area contributed by atoms with Crippen LogP contribution >= 0.6 is 0 Å². The van der Waals surface area contributed by atoms with E-state index in [0.29, 0.717) is 19.5 Å². The van der Waals surface area contributed by atoms with Gasteiger partial charge in [0.2, 0.25) is 0 Å². The molecule has 15 heavy (non-hydrogen) atoms. The normalized spacial score (nSPS) is 9.47. The quantitative estimate of drug-likeness (QED) is 0.650. The number of carboxylic acid groups (broad SMARTS) is 1. The van der Waals surface area contributed by atoms with Gasteiger partial charge in [0.05, 0.1) is 0 Å². The van der Waals surface area contributed by atoms with Gasteiger partial charge in [0, 0.05) is 26.6 Å². The lowest BCUT2D eigenvalue weighted by Gasteiger charge is -2.17. The van der Waals surface area contributed by atoms with Crippen LogP contribution in [0.1, 0.15) is 19.8 Å². The minimum absolute atomic E-state index is 0.0815. The van der Waals surface area contributed by atoms with Crippen LogP contribution in [0.5, 0.6) is 0 Å². The summed E-state index contributed by atoms with van der Waals surface area (Å²) in [6.07, 6.45) is 0.546. The average molecular weight is 214 g/mol. The second kappa shape index (κ2) is 6.86. The monoisotopic (exact) mass is 214 g/mol. The Hall–Kier alpha value is -1.52. The van der Waals surface area contributed by atoms with E-state index >= 15 is 0 Å². The van der Waals surface area contributed by atoms with E-state index in [9.17, 15) is 9.59 Å². The van der Waals surface area contributed by atoms with Crippen molar-refractivity contribution in [3.63, 3.8) is 0 Å². The second-order valence-corrected chi connectivity index (χ2v) is 3.53. The summed E-state index contributed by atoms with van der Waals surface area (Å²) in [5.74, 6) is -0.842. The molecule has 0 fully saturated rings. The molecule has 0 rings (SSSR count). The molecule has 0 saturated heterocycles. The molecule has 0 spiro atoms. The van der Waals surface area contributed by atoms with Gasteiger partial charge in [-0.15, -0.1) is 0 Å². The maximum Gasteiger partial charge on any atom is 0.317 e. The smallest absolute Gasteiger partial charge is 0.317 e. The Morgan fingerprint density at radius 2 is 2.07 bits per heavy atom. The molecule has 0 bridgehead atoms. The van der Waals surface area contributed by atoms with Crippen LogP contribution in [0.15, 0.2) is 12.2 Å². The maximum absolute atomic E-state index is 11.3. The first-order valence-corrected chi connectivity index (χ1v) is 4.78. The zero-order chi connectivity index (χ0) is 11.8. The van der Waals surface area contributed by atoms with E-state index in [0.717, 1.165) is 5.57 Å². The highest BCUT2D eigenvalue weighted by molar-refractivity contribution is 5.74. The topological polar surface area (TPSA) is 69.6 Å². The van der Waals surface area contributed by atoms with Crippen molar-refractivity contribution in [1.29, 1.82) is 0 Å². The molecule has 0 atom stereocenters. The van der Waals surface area contributed by atoms with Gasteiger partial charge in [0.15, 0.2) is 0 Å². The van der Waals surface area contributed by atoms with Crippen molar-refractivity contribution in [2.24, 2.45) is 0 Å². The van der Waals surface area contributed by atoms with Crippen LogP contribution in [-0.2, 0) is 4.79 Å². The third kappa shape index (κ3) is 7.54. The van der Waals surface area contributed by atoms with Crippen molar-refractivity contribution in [2.75, 3.05) is 20.1 Å².